The highest BCUT2D eigenvalue weighted by Crippen LogP contribution is 2.08. The summed E-state index contributed by atoms with van der Waals surface area (Å²) in [4.78, 5) is 11.1. The van der Waals surface area contributed by atoms with Crippen molar-refractivity contribution in [3.63, 3.8) is 0 Å². The molecule has 0 saturated heterocycles. The molecule has 0 N–H and O–H groups in total. The van der Waals surface area contributed by atoms with Crippen LogP contribution in [0.15, 0.2) is 12.2 Å². The Labute approximate surface area is 113 Å². The molecule has 0 rings (SSSR count). The van der Waals surface area contributed by atoms with E-state index in [-0.39, 0.29) is 5.97 Å². The molecule has 0 saturated carbocycles. The van der Waals surface area contributed by atoms with Gasteiger partial charge in [0.2, 0.25) is 0 Å². The molecule has 0 fully saturated rings. The number of carbonyl (C=O) groups excluding carboxylic acids is 1. The molecule has 0 aliphatic carbocycles. The Balaban J connectivity index is 3.11. The van der Waals surface area contributed by atoms with Gasteiger partial charge in [-0.2, -0.15) is 0 Å². The highest BCUT2D eigenvalue weighted by molar-refractivity contribution is 5.69. The van der Waals surface area contributed by atoms with E-state index < -0.39 is 0 Å². The van der Waals surface area contributed by atoms with E-state index in [1.807, 2.05) is 6.92 Å². The third kappa shape index (κ3) is 13.3. The van der Waals surface area contributed by atoms with Crippen LogP contribution in [-0.2, 0) is 9.53 Å². The maximum absolute atomic E-state index is 11.1. The number of allylic oxidation sites excluding steroid dienone is 2. The lowest BCUT2D eigenvalue weighted by Crippen LogP contribution is -2.03. The van der Waals surface area contributed by atoms with Gasteiger partial charge in [0.1, 0.15) is 0 Å². The van der Waals surface area contributed by atoms with Crippen molar-refractivity contribution in [3.05, 3.63) is 12.2 Å². The Bertz CT molecular complexity index is 209. The lowest BCUT2D eigenvalue weighted by atomic mass is 10.1. The van der Waals surface area contributed by atoms with Gasteiger partial charge in [0.05, 0.1) is 6.61 Å². The molecule has 0 aliphatic rings. The van der Waals surface area contributed by atoms with Crippen LogP contribution < -0.4 is 0 Å². The van der Waals surface area contributed by atoms with Gasteiger partial charge in [-0.25, -0.2) is 0 Å². The van der Waals surface area contributed by atoms with E-state index in [1.54, 1.807) is 0 Å². The van der Waals surface area contributed by atoms with E-state index >= 15 is 0 Å². The van der Waals surface area contributed by atoms with E-state index in [2.05, 4.69) is 19.1 Å². The molecule has 2 heteroatoms. The summed E-state index contributed by atoms with van der Waals surface area (Å²) >= 11 is 0. The molecule has 18 heavy (non-hydrogen) atoms. The predicted molar refractivity (Wildman–Crippen MR) is 77.6 cm³/mol. The number of unbranched alkanes of at least 4 members (excludes halogenated alkanes) is 7. The minimum Gasteiger partial charge on any atom is -0.466 e. The van der Waals surface area contributed by atoms with Gasteiger partial charge in [0.15, 0.2) is 0 Å². The average molecular weight is 254 g/mol. The van der Waals surface area contributed by atoms with Gasteiger partial charge in [0.25, 0.3) is 0 Å². The molecule has 0 aromatic rings. The van der Waals surface area contributed by atoms with Crippen LogP contribution in [-0.4, -0.2) is 12.6 Å². The molecule has 0 aromatic carbocycles. The zero-order valence-corrected chi connectivity index (χ0v) is 12.2. The Hall–Kier alpha value is -0.790. The Morgan fingerprint density at radius 1 is 0.889 bits per heavy atom. The van der Waals surface area contributed by atoms with Crippen molar-refractivity contribution in [1.29, 1.82) is 0 Å². The summed E-state index contributed by atoms with van der Waals surface area (Å²) in [7, 11) is 0. The van der Waals surface area contributed by atoms with Crippen LogP contribution in [0.3, 0.4) is 0 Å². The third-order valence-electron chi connectivity index (χ3n) is 2.95. The quantitative estimate of drug-likeness (QED) is 0.277. The monoisotopic (exact) mass is 254 g/mol. The molecular weight excluding hydrogens is 224 g/mol. The van der Waals surface area contributed by atoms with Crippen LogP contribution >= 0.6 is 0 Å². The zero-order valence-electron chi connectivity index (χ0n) is 12.2. The second kappa shape index (κ2) is 14.3. The van der Waals surface area contributed by atoms with Gasteiger partial charge in [-0.05, 0) is 32.6 Å². The minimum atomic E-state index is -0.0450. The van der Waals surface area contributed by atoms with Gasteiger partial charge in [-0.3, -0.25) is 4.79 Å². The van der Waals surface area contributed by atoms with Crippen molar-refractivity contribution in [3.8, 4) is 0 Å². The van der Waals surface area contributed by atoms with Crippen molar-refractivity contribution in [2.45, 2.75) is 78.1 Å². The average Bonchev–Trinajstić information content (AvgIpc) is 2.36. The van der Waals surface area contributed by atoms with Gasteiger partial charge in [-0.15, -0.1) is 0 Å². The molecule has 0 spiro atoms. The molecular formula is C16H30O2. The van der Waals surface area contributed by atoms with E-state index in [0.717, 1.165) is 12.8 Å². The summed E-state index contributed by atoms with van der Waals surface area (Å²) in [6.07, 6.45) is 16.2. The molecule has 2 nitrogen and oxygen atoms in total. The molecule has 0 aliphatic heterocycles. The first-order valence-electron chi connectivity index (χ1n) is 7.61. The summed E-state index contributed by atoms with van der Waals surface area (Å²) in [6.45, 7) is 4.58. The largest absolute Gasteiger partial charge is 0.466 e. The van der Waals surface area contributed by atoms with Crippen LogP contribution in [0.1, 0.15) is 78.1 Å². The van der Waals surface area contributed by atoms with Crippen molar-refractivity contribution < 1.29 is 9.53 Å². The smallest absolute Gasteiger partial charge is 0.305 e. The molecule has 0 amide bonds. The summed E-state index contributed by atoms with van der Waals surface area (Å²) in [5.74, 6) is -0.0450. The summed E-state index contributed by atoms with van der Waals surface area (Å²) < 4.78 is 4.89. The number of hydrogen-bond donors (Lipinski definition) is 0. The van der Waals surface area contributed by atoms with Crippen molar-refractivity contribution >= 4 is 5.97 Å². The number of rotatable bonds is 12. The summed E-state index contributed by atoms with van der Waals surface area (Å²) in [6, 6.07) is 0. The van der Waals surface area contributed by atoms with E-state index in [4.69, 9.17) is 4.74 Å². The van der Waals surface area contributed by atoms with Gasteiger partial charge < -0.3 is 4.74 Å². The number of carbonyl (C=O) groups is 1. The predicted octanol–water partition coefficient (Wildman–Crippen LogP) is 5.03. The lowest BCUT2D eigenvalue weighted by Gasteiger charge is -2.01. The topological polar surface area (TPSA) is 26.3 Å². The maximum atomic E-state index is 11.1. The fourth-order valence-corrected chi connectivity index (χ4v) is 1.85. The van der Waals surface area contributed by atoms with Gasteiger partial charge in [-0.1, -0.05) is 51.2 Å². The Kier molecular flexibility index (Phi) is 13.6. The Morgan fingerprint density at radius 3 is 2.17 bits per heavy atom. The molecule has 106 valence electrons. The van der Waals surface area contributed by atoms with Gasteiger partial charge >= 0.3 is 5.97 Å². The fourth-order valence-electron chi connectivity index (χ4n) is 1.85. The van der Waals surface area contributed by atoms with Crippen molar-refractivity contribution in [1.82, 2.24) is 0 Å². The highest BCUT2D eigenvalue weighted by Gasteiger charge is 2.00. The third-order valence-corrected chi connectivity index (χ3v) is 2.95. The molecule has 0 bridgehead atoms. The lowest BCUT2D eigenvalue weighted by molar-refractivity contribution is -0.143. The standard InChI is InChI=1S/C16H30O2/c1-3-5-6-7-8-9-10-11-12-13-14-15-16(17)18-4-2/h7-8H,3-6,9-15H2,1-2H3/b8-7-. The fraction of sp³-hybridized carbons (Fsp3) is 0.812. The summed E-state index contributed by atoms with van der Waals surface area (Å²) in [5.41, 5.74) is 0. The minimum absolute atomic E-state index is 0.0450. The van der Waals surface area contributed by atoms with E-state index in [1.165, 1.54) is 44.9 Å². The molecule has 0 atom stereocenters. The van der Waals surface area contributed by atoms with Crippen LogP contribution in [0, 0.1) is 0 Å². The second-order valence-corrected chi connectivity index (χ2v) is 4.73. The second-order valence-electron chi connectivity index (χ2n) is 4.73. The van der Waals surface area contributed by atoms with Crippen LogP contribution in [0.5, 0.6) is 0 Å². The number of ether oxygens (including phenoxy) is 1. The highest BCUT2D eigenvalue weighted by atomic mass is 16.5. The van der Waals surface area contributed by atoms with Crippen LogP contribution in [0.25, 0.3) is 0 Å². The van der Waals surface area contributed by atoms with E-state index in [9.17, 15) is 4.79 Å². The first-order valence-corrected chi connectivity index (χ1v) is 7.61. The molecule has 0 aromatic heterocycles. The maximum Gasteiger partial charge on any atom is 0.305 e. The van der Waals surface area contributed by atoms with E-state index in [0.29, 0.717) is 13.0 Å². The first-order chi connectivity index (χ1) is 8.81. The number of hydrogen-bond acceptors (Lipinski definition) is 2. The SMILES string of the molecule is CCCC/C=C\CCCCCCCC(=O)OCC. The Morgan fingerprint density at radius 2 is 1.50 bits per heavy atom. The summed E-state index contributed by atoms with van der Waals surface area (Å²) in [5, 5.41) is 0. The zero-order chi connectivity index (χ0) is 13.5. The van der Waals surface area contributed by atoms with Crippen molar-refractivity contribution in [2.24, 2.45) is 0 Å². The van der Waals surface area contributed by atoms with Crippen LogP contribution in [0.2, 0.25) is 0 Å². The van der Waals surface area contributed by atoms with Crippen LogP contribution in [0.4, 0.5) is 0 Å². The molecule has 0 heterocycles. The van der Waals surface area contributed by atoms with Crippen molar-refractivity contribution in [2.75, 3.05) is 6.61 Å². The molecule has 0 unspecified atom stereocenters. The van der Waals surface area contributed by atoms with Gasteiger partial charge in [0, 0.05) is 6.42 Å². The molecule has 0 radical (unpaired) electrons. The number of esters is 1. The first kappa shape index (κ1) is 17.2. The normalized spacial score (nSPS) is 11.0.